The Bertz CT molecular complexity index is 406. The van der Waals surface area contributed by atoms with Gasteiger partial charge in [-0.15, -0.1) is 0 Å². The van der Waals surface area contributed by atoms with Gasteiger partial charge in [0.05, 0.1) is 0 Å². The van der Waals surface area contributed by atoms with Crippen LogP contribution in [0.3, 0.4) is 0 Å². The van der Waals surface area contributed by atoms with Gasteiger partial charge in [0.15, 0.2) is 0 Å². The zero-order valence-electron chi connectivity index (χ0n) is 13.0. The van der Waals surface area contributed by atoms with Crippen molar-refractivity contribution in [3.05, 3.63) is 29.8 Å². The molecule has 1 aliphatic carbocycles. The first-order chi connectivity index (χ1) is 8.90. The molecule has 0 radical (unpaired) electrons. The lowest BCUT2D eigenvalue weighted by Gasteiger charge is -2.31. The molecule has 2 rings (SSSR count). The molecule has 1 N–H and O–H groups in total. The molecule has 2 nitrogen and oxygen atoms in total. The fourth-order valence-electron chi connectivity index (χ4n) is 3.09. The maximum Gasteiger partial charge on any atom is 0.0361 e. The minimum absolute atomic E-state index is 0.429. The smallest absolute Gasteiger partial charge is 0.0361 e. The highest BCUT2D eigenvalue weighted by molar-refractivity contribution is 5.46. The second-order valence-electron chi connectivity index (χ2n) is 6.81. The van der Waals surface area contributed by atoms with Gasteiger partial charge in [-0.25, -0.2) is 0 Å². The van der Waals surface area contributed by atoms with Crippen LogP contribution >= 0.6 is 0 Å². The van der Waals surface area contributed by atoms with Crippen LogP contribution in [0.25, 0.3) is 0 Å². The largest absolute Gasteiger partial charge is 0.378 e. The van der Waals surface area contributed by atoms with E-state index in [1.165, 1.54) is 30.5 Å². The summed E-state index contributed by atoms with van der Waals surface area (Å²) in [6.45, 7) is 7.05. The third kappa shape index (κ3) is 3.30. The molecule has 0 saturated heterocycles. The van der Waals surface area contributed by atoms with Gasteiger partial charge in [-0.3, -0.25) is 0 Å². The predicted octanol–water partition coefficient (Wildman–Crippen LogP) is 3.98. The Labute approximate surface area is 118 Å². The average Bonchev–Trinajstić information content (AvgIpc) is 2.69. The van der Waals surface area contributed by atoms with Gasteiger partial charge in [-0.05, 0) is 42.9 Å². The first-order valence-electron chi connectivity index (χ1n) is 7.43. The molecule has 0 bridgehead atoms. The summed E-state index contributed by atoms with van der Waals surface area (Å²) in [4.78, 5) is 2.14. The third-order valence-corrected chi connectivity index (χ3v) is 4.62. The van der Waals surface area contributed by atoms with Gasteiger partial charge in [0.25, 0.3) is 0 Å². The van der Waals surface area contributed by atoms with Crippen LogP contribution in [-0.4, -0.2) is 20.1 Å². The first kappa shape index (κ1) is 14.4. The molecule has 1 aliphatic rings. The second-order valence-corrected chi connectivity index (χ2v) is 6.81. The van der Waals surface area contributed by atoms with Crippen molar-refractivity contribution in [3.63, 3.8) is 0 Å². The van der Waals surface area contributed by atoms with Crippen molar-refractivity contribution in [2.75, 3.05) is 19.0 Å². The molecule has 1 aromatic carbocycles. The third-order valence-electron chi connectivity index (χ3n) is 4.62. The molecule has 19 heavy (non-hydrogen) atoms. The number of benzene rings is 1. The summed E-state index contributed by atoms with van der Waals surface area (Å²) >= 11 is 0. The van der Waals surface area contributed by atoms with E-state index in [1.54, 1.807) is 0 Å². The normalized spacial score (nSPS) is 23.3. The summed E-state index contributed by atoms with van der Waals surface area (Å²) in [5.74, 6) is 0. The molecule has 1 saturated carbocycles. The van der Waals surface area contributed by atoms with E-state index in [0.29, 0.717) is 17.5 Å². The van der Waals surface area contributed by atoms with Crippen LogP contribution < -0.4 is 10.2 Å². The number of nitrogens with zero attached hydrogens (tertiary/aromatic N) is 1. The van der Waals surface area contributed by atoms with Crippen molar-refractivity contribution in [2.24, 2.45) is 5.41 Å². The molecule has 2 unspecified atom stereocenters. The van der Waals surface area contributed by atoms with E-state index in [9.17, 15) is 0 Å². The van der Waals surface area contributed by atoms with Crippen LogP contribution in [0.5, 0.6) is 0 Å². The van der Waals surface area contributed by atoms with Crippen molar-refractivity contribution in [2.45, 2.75) is 52.1 Å². The van der Waals surface area contributed by atoms with Crippen LogP contribution in [0.15, 0.2) is 24.3 Å². The lowest BCUT2D eigenvalue weighted by molar-refractivity contribution is 0.266. The quantitative estimate of drug-likeness (QED) is 0.881. The Balaban J connectivity index is 2.01. The van der Waals surface area contributed by atoms with E-state index in [4.69, 9.17) is 0 Å². The molecule has 0 aliphatic heterocycles. The van der Waals surface area contributed by atoms with Gasteiger partial charge in [-0.1, -0.05) is 32.4 Å². The highest BCUT2D eigenvalue weighted by atomic mass is 15.1. The van der Waals surface area contributed by atoms with Crippen molar-refractivity contribution in [1.29, 1.82) is 0 Å². The number of anilines is 1. The Morgan fingerprint density at radius 1 is 1.21 bits per heavy atom. The topological polar surface area (TPSA) is 15.3 Å². The van der Waals surface area contributed by atoms with E-state index in [0.717, 1.165) is 0 Å². The van der Waals surface area contributed by atoms with E-state index < -0.39 is 0 Å². The Morgan fingerprint density at radius 2 is 1.84 bits per heavy atom. The maximum atomic E-state index is 3.82. The number of rotatable bonds is 4. The van der Waals surface area contributed by atoms with Crippen LogP contribution in [0.2, 0.25) is 0 Å². The molecule has 0 aromatic heterocycles. The van der Waals surface area contributed by atoms with Gasteiger partial charge >= 0.3 is 0 Å². The predicted molar refractivity (Wildman–Crippen MR) is 83.7 cm³/mol. The molecule has 0 amide bonds. The molecule has 2 atom stereocenters. The SMILES string of the molecule is CC(NC1CCCC1(C)C)c1ccc(N(C)C)cc1. The molecule has 1 fully saturated rings. The monoisotopic (exact) mass is 260 g/mol. The minimum Gasteiger partial charge on any atom is -0.378 e. The van der Waals surface area contributed by atoms with Crippen molar-refractivity contribution in [1.82, 2.24) is 5.32 Å². The maximum absolute atomic E-state index is 3.82. The minimum atomic E-state index is 0.429. The molecular formula is C17H28N2. The fraction of sp³-hybridized carbons (Fsp3) is 0.647. The summed E-state index contributed by atoms with van der Waals surface area (Å²) < 4.78 is 0. The molecule has 2 heteroatoms. The van der Waals surface area contributed by atoms with Crippen LogP contribution in [-0.2, 0) is 0 Å². The van der Waals surface area contributed by atoms with Crippen LogP contribution in [0.1, 0.15) is 51.6 Å². The van der Waals surface area contributed by atoms with Crippen molar-refractivity contribution >= 4 is 5.69 Å². The summed E-state index contributed by atoms with van der Waals surface area (Å²) in [6.07, 6.45) is 4.01. The van der Waals surface area contributed by atoms with Gasteiger partial charge < -0.3 is 10.2 Å². The van der Waals surface area contributed by atoms with Crippen LogP contribution in [0, 0.1) is 5.41 Å². The lowest BCUT2D eigenvalue weighted by atomic mass is 9.86. The first-order valence-corrected chi connectivity index (χ1v) is 7.43. The highest BCUT2D eigenvalue weighted by Crippen LogP contribution is 2.38. The molecule has 106 valence electrons. The van der Waals surface area contributed by atoms with Crippen LogP contribution in [0.4, 0.5) is 5.69 Å². The Kier molecular flexibility index (Phi) is 4.19. The van der Waals surface area contributed by atoms with E-state index in [1.807, 2.05) is 0 Å². The van der Waals surface area contributed by atoms with Gasteiger partial charge in [0, 0.05) is 31.9 Å². The summed E-state index contributed by atoms with van der Waals surface area (Å²) in [6, 6.07) is 9.97. The van der Waals surface area contributed by atoms with E-state index in [2.05, 4.69) is 69.3 Å². The average molecular weight is 260 g/mol. The number of hydrogen-bond acceptors (Lipinski definition) is 2. The van der Waals surface area contributed by atoms with Crippen molar-refractivity contribution < 1.29 is 0 Å². The number of nitrogens with one attached hydrogen (secondary N) is 1. The zero-order valence-corrected chi connectivity index (χ0v) is 13.0. The van der Waals surface area contributed by atoms with Gasteiger partial charge in [0.1, 0.15) is 0 Å². The summed E-state index contributed by atoms with van der Waals surface area (Å²) in [5.41, 5.74) is 3.09. The lowest BCUT2D eigenvalue weighted by Crippen LogP contribution is -2.39. The zero-order chi connectivity index (χ0) is 14.0. The molecular weight excluding hydrogens is 232 g/mol. The number of hydrogen-bond donors (Lipinski definition) is 1. The molecule has 0 spiro atoms. The van der Waals surface area contributed by atoms with Crippen molar-refractivity contribution in [3.8, 4) is 0 Å². The van der Waals surface area contributed by atoms with Gasteiger partial charge in [0.2, 0.25) is 0 Å². The van der Waals surface area contributed by atoms with E-state index >= 15 is 0 Å². The summed E-state index contributed by atoms with van der Waals surface area (Å²) in [7, 11) is 4.16. The standard InChI is InChI=1S/C17H28N2/c1-13(18-16-7-6-12-17(16,2)3)14-8-10-15(11-9-14)19(4)5/h8-11,13,16,18H,6-7,12H2,1-5H3. The Morgan fingerprint density at radius 3 is 2.32 bits per heavy atom. The molecule has 1 aromatic rings. The fourth-order valence-corrected chi connectivity index (χ4v) is 3.09. The van der Waals surface area contributed by atoms with Gasteiger partial charge in [-0.2, -0.15) is 0 Å². The van der Waals surface area contributed by atoms with E-state index in [-0.39, 0.29) is 0 Å². The Hall–Kier alpha value is -1.02. The summed E-state index contributed by atoms with van der Waals surface area (Å²) in [5, 5.41) is 3.82. The second kappa shape index (κ2) is 5.54. The molecule has 0 heterocycles. The highest BCUT2D eigenvalue weighted by Gasteiger charge is 2.34.